The lowest BCUT2D eigenvalue weighted by molar-refractivity contribution is -0.137. The SMILES string of the molecule is NS(=O)(=O)Nc1cc(Br)cc(C(F)(F)F)c1. The minimum absolute atomic E-state index is 0.0912. The molecular formula is C7H6BrF3N2O2S. The lowest BCUT2D eigenvalue weighted by Crippen LogP contribution is -2.22. The van der Waals surface area contributed by atoms with Gasteiger partial charge in [-0.2, -0.15) is 21.6 Å². The van der Waals surface area contributed by atoms with E-state index in [4.69, 9.17) is 0 Å². The highest BCUT2D eigenvalue weighted by Crippen LogP contribution is 2.33. The summed E-state index contributed by atoms with van der Waals surface area (Å²) in [5.74, 6) is 0. The molecule has 0 aromatic heterocycles. The zero-order valence-electron chi connectivity index (χ0n) is 7.55. The van der Waals surface area contributed by atoms with E-state index in [0.29, 0.717) is 6.07 Å². The summed E-state index contributed by atoms with van der Waals surface area (Å²) < 4.78 is 60.2. The van der Waals surface area contributed by atoms with E-state index in [1.54, 1.807) is 4.72 Å². The van der Waals surface area contributed by atoms with Crippen molar-refractivity contribution in [1.82, 2.24) is 0 Å². The molecule has 1 aromatic rings. The summed E-state index contributed by atoms with van der Waals surface area (Å²) in [6.45, 7) is 0. The van der Waals surface area contributed by atoms with Gasteiger partial charge in [0.15, 0.2) is 0 Å². The Kier molecular flexibility index (Phi) is 3.50. The topological polar surface area (TPSA) is 72.2 Å². The first kappa shape index (κ1) is 13.3. The quantitative estimate of drug-likeness (QED) is 0.876. The fourth-order valence-corrected chi connectivity index (χ4v) is 1.92. The average molecular weight is 319 g/mol. The molecule has 0 aliphatic carbocycles. The third-order valence-electron chi connectivity index (χ3n) is 1.49. The van der Waals surface area contributed by atoms with Crippen LogP contribution in [0.25, 0.3) is 0 Å². The molecular weight excluding hydrogens is 313 g/mol. The number of rotatable bonds is 2. The zero-order chi connectivity index (χ0) is 12.6. The van der Waals surface area contributed by atoms with Gasteiger partial charge in [-0.25, -0.2) is 5.14 Å². The summed E-state index contributed by atoms with van der Waals surface area (Å²) in [5, 5.41) is 4.64. The highest BCUT2D eigenvalue weighted by molar-refractivity contribution is 9.10. The Labute approximate surface area is 97.9 Å². The fraction of sp³-hybridized carbons (Fsp3) is 0.143. The van der Waals surface area contributed by atoms with E-state index in [-0.39, 0.29) is 10.2 Å². The molecule has 90 valence electrons. The molecule has 3 N–H and O–H groups in total. The van der Waals surface area contributed by atoms with Crippen LogP contribution < -0.4 is 9.86 Å². The van der Waals surface area contributed by atoms with E-state index in [9.17, 15) is 21.6 Å². The number of hydrogen-bond donors (Lipinski definition) is 2. The van der Waals surface area contributed by atoms with E-state index in [1.807, 2.05) is 0 Å². The van der Waals surface area contributed by atoms with Gasteiger partial charge in [0, 0.05) is 4.47 Å². The maximum atomic E-state index is 12.4. The Bertz CT molecular complexity index is 501. The van der Waals surface area contributed by atoms with E-state index in [0.717, 1.165) is 6.07 Å². The molecule has 0 bridgehead atoms. The molecule has 0 spiro atoms. The fourth-order valence-electron chi connectivity index (χ4n) is 0.976. The van der Waals surface area contributed by atoms with Gasteiger partial charge in [-0.05, 0) is 18.2 Å². The van der Waals surface area contributed by atoms with Gasteiger partial charge in [0.1, 0.15) is 0 Å². The zero-order valence-corrected chi connectivity index (χ0v) is 9.95. The lowest BCUT2D eigenvalue weighted by Gasteiger charge is -2.10. The Balaban J connectivity index is 3.19. The van der Waals surface area contributed by atoms with E-state index in [1.165, 1.54) is 6.07 Å². The number of alkyl halides is 3. The minimum Gasteiger partial charge on any atom is -0.271 e. The second-order valence-corrected chi connectivity index (χ2v) is 5.08. The molecule has 0 amide bonds. The summed E-state index contributed by atoms with van der Waals surface area (Å²) in [6.07, 6.45) is -4.56. The monoisotopic (exact) mass is 318 g/mol. The first-order chi connectivity index (χ1) is 7.08. The maximum Gasteiger partial charge on any atom is 0.416 e. The van der Waals surface area contributed by atoms with Crippen molar-refractivity contribution < 1.29 is 21.6 Å². The predicted molar refractivity (Wildman–Crippen MR) is 55.9 cm³/mol. The maximum absolute atomic E-state index is 12.4. The molecule has 1 rings (SSSR count). The summed E-state index contributed by atoms with van der Waals surface area (Å²) >= 11 is 2.84. The van der Waals surface area contributed by atoms with Crippen LogP contribution in [0.3, 0.4) is 0 Å². The lowest BCUT2D eigenvalue weighted by atomic mass is 10.2. The Morgan fingerprint density at radius 1 is 1.25 bits per heavy atom. The van der Waals surface area contributed by atoms with Crippen LogP contribution in [0.4, 0.5) is 18.9 Å². The Hall–Kier alpha value is -0.800. The van der Waals surface area contributed by atoms with Crippen LogP contribution in [0.2, 0.25) is 0 Å². The van der Waals surface area contributed by atoms with Crippen molar-refractivity contribution in [2.45, 2.75) is 6.18 Å². The van der Waals surface area contributed by atoms with Crippen molar-refractivity contribution >= 4 is 31.8 Å². The standard InChI is InChI=1S/C7H6BrF3N2O2S/c8-5-1-4(7(9,10)11)2-6(3-5)13-16(12,14)15/h1-3,13H,(H2,12,14,15). The van der Waals surface area contributed by atoms with E-state index >= 15 is 0 Å². The molecule has 0 saturated carbocycles. The molecule has 0 aliphatic rings. The van der Waals surface area contributed by atoms with Crippen molar-refractivity contribution in [1.29, 1.82) is 0 Å². The van der Waals surface area contributed by atoms with Gasteiger partial charge in [0.05, 0.1) is 11.3 Å². The smallest absolute Gasteiger partial charge is 0.271 e. The molecule has 9 heteroatoms. The molecule has 0 radical (unpaired) electrons. The van der Waals surface area contributed by atoms with Crippen LogP contribution in [0.1, 0.15) is 5.56 Å². The normalized spacial score (nSPS) is 12.6. The molecule has 0 atom stereocenters. The van der Waals surface area contributed by atoms with Crippen LogP contribution in [-0.4, -0.2) is 8.42 Å². The van der Waals surface area contributed by atoms with Gasteiger partial charge < -0.3 is 0 Å². The number of halogens is 4. The highest BCUT2D eigenvalue weighted by atomic mass is 79.9. The second-order valence-electron chi connectivity index (χ2n) is 2.87. The van der Waals surface area contributed by atoms with Crippen molar-refractivity contribution in [3.05, 3.63) is 28.2 Å². The van der Waals surface area contributed by atoms with Gasteiger partial charge in [0.25, 0.3) is 10.2 Å². The summed E-state index contributed by atoms with van der Waals surface area (Å²) in [5.41, 5.74) is -1.24. The number of hydrogen-bond acceptors (Lipinski definition) is 2. The third-order valence-corrected chi connectivity index (χ3v) is 2.46. The van der Waals surface area contributed by atoms with Crippen LogP contribution in [0.15, 0.2) is 22.7 Å². The molecule has 0 fully saturated rings. The van der Waals surface area contributed by atoms with Crippen molar-refractivity contribution in [3.63, 3.8) is 0 Å². The number of benzene rings is 1. The van der Waals surface area contributed by atoms with Crippen molar-refractivity contribution in [2.24, 2.45) is 5.14 Å². The molecule has 16 heavy (non-hydrogen) atoms. The molecule has 1 aromatic carbocycles. The van der Waals surface area contributed by atoms with Gasteiger partial charge in [-0.15, -0.1) is 0 Å². The first-order valence-corrected chi connectivity index (χ1v) is 6.10. The predicted octanol–water partition coefficient (Wildman–Crippen LogP) is 2.08. The summed E-state index contributed by atoms with van der Waals surface area (Å²) in [7, 11) is -4.09. The van der Waals surface area contributed by atoms with Crippen LogP contribution >= 0.6 is 15.9 Å². The molecule has 0 heterocycles. The van der Waals surface area contributed by atoms with E-state index < -0.39 is 21.9 Å². The molecule has 0 unspecified atom stereocenters. The largest absolute Gasteiger partial charge is 0.416 e. The number of anilines is 1. The highest BCUT2D eigenvalue weighted by Gasteiger charge is 2.31. The minimum atomic E-state index is -4.56. The van der Waals surface area contributed by atoms with Crippen LogP contribution in [-0.2, 0) is 16.4 Å². The molecule has 0 aliphatic heterocycles. The summed E-state index contributed by atoms with van der Waals surface area (Å²) in [4.78, 5) is 0. The van der Waals surface area contributed by atoms with Gasteiger partial charge >= 0.3 is 6.18 Å². The van der Waals surface area contributed by atoms with Gasteiger partial charge in [-0.1, -0.05) is 15.9 Å². The average Bonchev–Trinajstić information content (AvgIpc) is 1.97. The van der Waals surface area contributed by atoms with Gasteiger partial charge in [-0.3, -0.25) is 4.72 Å². The number of nitrogens with two attached hydrogens (primary N) is 1. The van der Waals surface area contributed by atoms with Crippen LogP contribution in [0, 0.1) is 0 Å². The first-order valence-electron chi connectivity index (χ1n) is 3.76. The Morgan fingerprint density at radius 3 is 2.25 bits per heavy atom. The van der Waals surface area contributed by atoms with Crippen molar-refractivity contribution in [3.8, 4) is 0 Å². The summed E-state index contributed by atoms with van der Waals surface area (Å²) in [6, 6.07) is 2.64. The second kappa shape index (κ2) is 4.22. The van der Waals surface area contributed by atoms with E-state index in [2.05, 4.69) is 21.1 Å². The molecule has 0 saturated heterocycles. The number of nitrogens with one attached hydrogen (secondary N) is 1. The molecule has 4 nitrogen and oxygen atoms in total. The van der Waals surface area contributed by atoms with Gasteiger partial charge in [0.2, 0.25) is 0 Å². The van der Waals surface area contributed by atoms with Crippen LogP contribution in [0.5, 0.6) is 0 Å². The Morgan fingerprint density at radius 2 is 1.81 bits per heavy atom. The van der Waals surface area contributed by atoms with Crippen molar-refractivity contribution in [2.75, 3.05) is 4.72 Å². The third kappa shape index (κ3) is 3.99.